The van der Waals surface area contributed by atoms with Gasteiger partial charge in [0.05, 0.1) is 6.10 Å². The molecule has 0 bridgehead atoms. The number of carboxylic acids is 1. The summed E-state index contributed by atoms with van der Waals surface area (Å²) in [6.07, 6.45) is 2.67. The Labute approximate surface area is 239 Å². The molecule has 0 aromatic heterocycles. The fourth-order valence-corrected chi connectivity index (χ4v) is 6.48. The first-order chi connectivity index (χ1) is 19.0. The third kappa shape index (κ3) is 8.36. The van der Waals surface area contributed by atoms with Crippen LogP contribution in [-0.4, -0.2) is 52.3 Å². The highest BCUT2D eigenvalue weighted by Gasteiger charge is 2.28. The molecule has 0 saturated carbocycles. The van der Waals surface area contributed by atoms with E-state index in [9.17, 15) is 14.3 Å². The summed E-state index contributed by atoms with van der Waals surface area (Å²) in [5, 5.41) is 23.2. The number of benzene rings is 3. The SMILES string of the molecule is CN(C[C@H](O)CNC(C)(C)CC1Cc2ccccc2C1)Sc1ccc(-c2cc(F)ccc2CCC(=O)O)c(F)c1. The second-order valence-electron chi connectivity index (χ2n) is 11.4. The number of nitrogens with one attached hydrogen (secondary N) is 1. The van der Waals surface area contributed by atoms with Crippen LogP contribution in [0.1, 0.15) is 43.4 Å². The maximum Gasteiger partial charge on any atom is 0.303 e. The van der Waals surface area contributed by atoms with Crippen molar-refractivity contribution in [2.24, 2.45) is 5.92 Å². The number of hydrogen-bond acceptors (Lipinski definition) is 5. The van der Waals surface area contributed by atoms with Crippen LogP contribution < -0.4 is 5.32 Å². The van der Waals surface area contributed by atoms with Crippen LogP contribution in [-0.2, 0) is 24.1 Å². The molecule has 40 heavy (non-hydrogen) atoms. The molecule has 4 rings (SSSR count). The Hall–Kier alpha value is -2.78. The van der Waals surface area contributed by atoms with Crippen LogP contribution in [0.3, 0.4) is 0 Å². The zero-order chi connectivity index (χ0) is 28.9. The van der Waals surface area contributed by atoms with Crippen LogP contribution in [0.15, 0.2) is 65.6 Å². The Morgan fingerprint density at radius 1 is 1.07 bits per heavy atom. The van der Waals surface area contributed by atoms with Crippen molar-refractivity contribution < 1.29 is 23.8 Å². The van der Waals surface area contributed by atoms with Gasteiger partial charge in [0.25, 0.3) is 0 Å². The summed E-state index contributed by atoms with van der Waals surface area (Å²) in [5.74, 6) is -1.40. The zero-order valence-corrected chi connectivity index (χ0v) is 24.1. The summed E-state index contributed by atoms with van der Waals surface area (Å²) < 4.78 is 30.9. The number of rotatable bonds is 13. The highest BCUT2D eigenvalue weighted by atomic mass is 32.2. The summed E-state index contributed by atoms with van der Waals surface area (Å²) in [6, 6.07) is 17.4. The molecule has 1 aliphatic carbocycles. The van der Waals surface area contributed by atoms with Gasteiger partial charge in [0.15, 0.2) is 0 Å². The lowest BCUT2D eigenvalue weighted by Gasteiger charge is -2.31. The van der Waals surface area contributed by atoms with Crippen molar-refractivity contribution in [1.82, 2.24) is 9.62 Å². The van der Waals surface area contributed by atoms with E-state index in [1.165, 1.54) is 47.3 Å². The van der Waals surface area contributed by atoms with E-state index in [2.05, 4.69) is 43.4 Å². The van der Waals surface area contributed by atoms with E-state index < -0.39 is 23.7 Å². The van der Waals surface area contributed by atoms with E-state index in [0.717, 1.165) is 19.3 Å². The van der Waals surface area contributed by atoms with Gasteiger partial charge in [0.1, 0.15) is 11.6 Å². The van der Waals surface area contributed by atoms with Gasteiger partial charge in [-0.3, -0.25) is 4.79 Å². The van der Waals surface area contributed by atoms with Crippen molar-refractivity contribution in [3.05, 3.63) is 89.0 Å². The number of aliphatic hydroxyl groups excluding tert-OH is 1. The maximum atomic E-state index is 15.1. The van der Waals surface area contributed by atoms with Gasteiger partial charge in [0, 0.05) is 35.5 Å². The third-order valence-corrected chi connectivity index (χ3v) is 8.32. The van der Waals surface area contributed by atoms with Gasteiger partial charge in [0.2, 0.25) is 0 Å². The molecule has 0 fully saturated rings. The summed E-state index contributed by atoms with van der Waals surface area (Å²) >= 11 is 1.32. The predicted octanol–water partition coefficient (Wildman–Crippen LogP) is 6.12. The van der Waals surface area contributed by atoms with Crippen LogP contribution in [0.2, 0.25) is 0 Å². The second kappa shape index (κ2) is 13.3. The first kappa shape index (κ1) is 30.2. The minimum absolute atomic E-state index is 0.113. The number of carboxylic acid groups (broad SMARTS) is 1. The van der Waals surface area contributed by atoms with E-state index in [0.29, 0.717) is 35.0 Å². The number of likely N-dealkylation sites (N-methyl/N-ethyl adjacent to an activating group) is 1. The van der Waals surface area contributed by atoms with Crippen LogP contribution in [0, 0.1) is 17.6 Å². The standard InChI is InChI=1S/C32H38F2N2O3S/c1-32(2,18-21-14-23-6-4-5-7-24(23)15-21)35-19-26(37)20-36(3)40-27-11-12-28(30(34)17-27)29-16-25(33)10-8-22(29)9-13-31(38)39/h4-8,10-12,16-17,21,26,35,37H,9,13-15,18-20H2,1-3H3,(H,38,39)/t26-/m1/s1. The molecule has 0 heterocycles. The minimum Gasteiger partial charge on any atom is -0.481 e. The number of aliphatic carboxylic acids is 1. The van der Waals surface area contributed by atoms with Gasteiger partial charge in [-0.1, -0.05) is 36.4 Å². The molecule has 0 unspecified atom stereocenters. The van der Waals surface area contributed by atoms with Gasteiger partial charge >= 0.3 is 5.97 Å². The number of aliphatic hydroxyl groups is 1. The number of nitrogens with zero attached hydrogens (tertiary/aromatic N) is 1. The lowest BCUT2D eigenvalue weighted by molar-refractivity contribution is -0.136. The summed E-state index contributed by atoms with van der Waals surface area (Å²) in [5.41, 5.74) is 3.94. The summed E-state index contributed by atoms with van der Waals surface area (Å²) in [6.45, 7) is 5.19. The monoisotopic (exact) mass is 568 g/mol. The van der Waals surface area contributed by atoms with Gasteiger partial charge in [-0.15, -0.1) is 0 Å². The van der Waals surface area contributed by atoms with Crippen molar-refractivity contribution >= 4 is 17.9 Å². The highest BCUT2D eigenvalue weighted by Crippen LogP contribution is 2.33. The summed E-state index contributed by atoms with van der Waals surface area (Å²) in [7, 11) is 1.84. The number of carbonyl (C=O) groups is 1. The molecule has 8 heteroatoms. The van der Waals surface area contributed by atoms with E-state index in [1.807, 2.05) is 11.4 Å². The average Bonchev–Trinajstić information content (AvgIpc) is 3.28. The molecular formula is C32H38F2N2O3S. The Balaban J connectivity index is 1.29. The Kier molecular flexibility index (Phi) is 10.0. The van der Waals surface area contributed by atoms with Crippen LogP contribution in [0.4, 0.5) is 8.78 Å². The molecule has 3 N–H and O–H groups in total. The van der Waals surface area contributed by atoms with E-state index in [-0.39, 0.29) is 23.9 Å². The predicted molar refractivity (Wildman–Crippen MR) is 156 cm³/mol. The smallest absolute Gasteiger partial charge is 0.303 e. The van der Waals surface area contributed by atoms with Gasteiger partial charge in [-0.2, -0.15) is 0 Å². The number of halogens is 2. The second-order valence-corrected chi connectivity index (χ2v) is 12.7. The van der Waals surface area contributed by atoms with E-state index in [1.54, 1.807) is 12.1 Å². The van der Waals surface area contributed by atoms with Crippen molar-refractivity contribution in [2.75, 3.05) is 20.1 Å². The van der Waals surface area contributed by atoms with Crippen LogP contribution >= 0.6 is 11.9 Å². The maximum absolute atomic E-state index is 15.1. The van der Waals surface area contributed by atoms with Crippen molar-refractivity contribution in [2.45, 2.75) is 62.5 Å². The molecule has 0 amide bonds. The van der Waals surface area contributed by atoms with Crippen LogP contribution in [0.5, 0.6) is 0 Å². The molecule has 214 valence electrons. The largest absolute Gasteiger partial charge is 0.481 e. The molecule has 3 aromatic carbocycles. The van der Waals surface area contributed by atoms with E-state index >= 15 is 4.39 Å². The molecule has 3 aromatic rings. The van der Waals surface area contributed by atoms with Crippen molar-refractivity contribution in [1.29, 1.82) is 0 Å². The molecule has 0 spiro atoms. The molecular weight excluding hydrogens is 530 g/mol. The quantitative estimate of drug-likeness (QED) is 0.216. The lowest BCUT2D eigenvalue weighted by Crippen LogP contribution is -2.46. The first-order valence-corrected chi connectivity index (χ1v) is 14.5. The number of hydrogen-bond donors (Lipinski definition) is 3. The van der Waals surface area contributed by atoms with Crippen LogP contribution in [0.25, 0.3) is 11.1 Å². The Morgan fingerprint density at radius 3 is 2.42 bits per heavy atom. The fourth-order valence-electron chi connectivity index (χ4n) is 5.59. The first-order valence-electron chi connectivity index (χ1n) is 13.7. The number of β-amino-alcohol motifs (C(OH)–C–C–N with tert-alkyl or cyclic N) is 1. The van der Waals surface area contributed by atoms with Crippen molar-refractivity contribution in [3.63, 3.8) is 0 Å². The molecule has 0 saturated heterocycles. The number of fused-ring (bicyclic) bond motifs is 1. The zero-order valence-electron chi connectivity index (χ0n) is 23.3. The van der Waals surface area contributed by atoms with Crippen molar-refractivity contribution in [3.8, 4) is 11.1 Å². The molecule has 5 nitrogen and oxygen atoms in total. The average molecular weight is 569 g/mol. The molecule has 1 aliphatic rings. The Morgan fingerprint density at radius 2 is 1.77 bits per heavy atom. The molecule has 0 radical (unpaired) electrons. The molecule has 0 aliphatic heterocycles. The lowest BCUT2D eigenvalue weighted by atomic mass is 9.88. The third-order valence-electron chi connectivity index (χ3n) is 7.39. The van der Waals surface area contributed by atoms with E-state index in [4.69, 9.17) is 5.11 Å². The van der Waals surface area contributed by atoms with Gasteiger partial charge in [-0.25, -0.2) is 13.1 Å². The van der Waals surface area contributed by atoms with Gasteiger partial charge in [-0.05, 0) is 111 Å². The normalized spacial score (nSPS) is 14.5. The topological polar surface area (TPSA) is 72.8 Å². The molecule has 1 atom stereocenters. The minimum atomic E-state index is -0.966. The number of aryl methyl sites for hydroxylation is 1. The summed E-state index contributed by atoms with van der Waals surface area (Å²) in [4.78, 5) is 11.6. The Bertz CT molecular complexity index is 1310. The fraction of sp³-hybridized carbons (Fsp3) is 0.406. The van der Waals surface area contributed by atoms with Gasteiger partial charge < -0.3 is 15.5 Å². The highest BCUT2D eigenvalue weighted by molar-refractivity contribution is 7.97.